The first-order chi connectivity index (χ1) is 18.9. The molecule has 0 bridgehead atoms. The zero-order chi connectivity index (χ0) is 27.8. The van der Waals surface area contributed by atoms with Gasteiger partial charge in [-0.05, 0) is 77.4 Å². The Morgan fingerprint density at radius 1 is 0.949 bits per heavy atom. The summed E-state index contributed by atoms with van der Waals surface area (Å²) in [5, 5.41) is 14.6. The van der Waals surface area contributed by atoms with Crippen LogP contribution in [-0.2, 0) is 16.1 Å². The molecule has 0 atom stereocenters. The summed E-state index contributed by atoms with van der Waals surface area (Å²) >= 11 is 3.53. The van der Waals surface area contributed by atoms with E-state index in [2.05, 4.69) is 50.2 Å². The number of benzene rings is 4. The third-order valence-electron chi connectivity index (χ3n) is 5.80. The van der Waals surface area contributed by atoms with Crippen molar-refractivity contribution >= 4 is 50.3 Å². The Morgan fingerprint density at radius 3 is 2.36 bits per heavy atom. The van der Waals surface area contributed by atoms with E-state index in [4.69, 9.17) is 9.47 Å². The van der Waals surface area contributed by atoms with E-state index in [9.17, 15) is 14.9 Å². The fraction of sp³-hybridized carbons (Fsp3) is 0.129. The van der Waals surface area contributed by atoms with Gasteiger partial charge in [0.25, 0.3) is 5.91 Å². The number of halogens is 1. The van der Waals surface area contributed by atoms with Gasteiger partial charge in [-0.15, -0.1) is 0 Å². The Balaban J connectivity index is 1.53. The quantitative estimate of drug-likeness (QED) is 0.130. The van der Waals surface area contributed by atoms with Crippen molar-refractivity contribution in [3.63, 3.8) is 0 Å². The van der Waals surface area contributed by atoms with E-state index in [-0.39, 0.29) is 5.57 Å². The first-order valence-corrected chi connectivity index (χ1v) is 12.9. The summed E-state index contributed by atoms with van der Waals surface area (Å²) in [5.41, 5.74) is 2.26. The molecule has 0 aliphatic rings. The van der Waals surface area contributed by atoms with Gasteiger partial charge in [-0.1, -0.05) is 52.3 Å². The number of nitriles is 1. The molecule has 0 fully saturated rings. The molecule has 0 unspecified atom stereocenters. The summed E-state index contributed by atoms with van der Waals surface area (Å²) in [4.78, 5) is 24.4. The topological polar surface area (TPSA) is 97.7 Å². The molecule has 4 rings (SSSR count). The van der Waals surface area contributed by atoms with Gasteiger partial charge < -0.3 is 19.5 Å². The van der Waals surface area contributed by atoms with Crippen LogP contribution in [0.5, 0.6) is 11.5 Å². The number of esters is 1. The molecule has 7 nitrogen and oxygen atoms in total. The molecule has 0 radical (unpaired) electrons. The molecule has 196 valence electrons. The molecule has 0 aliphatic heterocycles. The number of fused-ring (bicyclic) bond motifs is 1. The van der Waals surface area contributed by atoms with Gasteiger partial charge in [0, 0.05) is 10.2 Å². The second kappa shape index (κ2) is 12.8. The number of amides is 1. The van der Waals surface area contributed by atoms with Gasteiger partial charge in [-0.25, -0.2) is 4.79 Å². The van der Waals surface area contributed by atoms with Gasteiger partial charge in [0.2, 0.25) is 0 Å². The Labute approximate surface area is 234 Å². The minimum Gasteiger partial charge on any atom is -0.490 e. The summed E-state index contributed by atoms with van der Waals surface area (Å²) in [6.07, 6.45) is 1.47. The first-order valence-electron chi connectivity index (χ1n) is 12.1. The van der Waals surface area contributed by atoms with Gasteiger partial charge in [0.05, 0.1) is 19.3 Å². The van der Waals surface area contributed by atoms with Crippen molar-refractivity contribution in [2.24, 2.45) is 0 Å². The van der Waals surface area contributed by atoms with Crippen LogP contribution in [-0.4, -0.2) is 25.6 Å². The van der Waals surface area contributed by atoms with E-state index in [0.29, 0.717) is 46.0 Å². The van der Waals surface area contributed by atoms with E-state index in [1.807, 2.05) is 31.2 Å². The minimum absolute atomic E-state index is 0.111. The lowest BCUT2D eigenvalue weighted by Gasteiger charge is -2.14. The van der Waals surface area contributed by atoms with Crippen molar-refractivity contribution < 1.29 is 23.8 Å². The summed E-state index contributed by atoms with van der Waals surface area (Å²) in [7, 11) is 1.29. The van der Waals surface area contributed by atoms with Crippen molar-refractivity contribution in [1.82, 2.24) is 0 Å². The van der Waals surface area contributed by atoms with Gasteiger partial charge in [0.1, 0.15) is 18.2 Å². The second-order valence-corrected chi connectivity index (χ2v) is 9.27. The maximum absolute atomic E-state index is 12.8. The maximum Gasteiger partial charge on any atom is 0.337 e. The molecule has 0 spiro atoms. The van der Waals surface area contributed by atoms with Crippen molar-refractivity contribution in [2.45, 2.75) is 13.5 Å². The summed E-state index contributed by atoms with van der Waals surface area (Å²) < 4.78 is 17.2. The SMILES string of the molecule is CCOc1cc(/C=C(\C#N)C(=O)Nc2ccc(C(=O)OC)cc2)c(Br)cc1OCc1ccc2ccccc2c1. The third kappa shape index (κ3) is 6.83. The molecule has 1 amide bonds. The zero-order valence-corrected chi connectivity index (χ0v) is 22.9. The largest absolute Gasteiger partial charge is 0.490 e. The number of carbonyl (C=O) groups excluding carboxylic acids is 2. The minimum atomic E-state index is -0.593. The molecular weight excluding hydrogens is 560 g/mol. The van der Waals surface area contributed by atoms with E-state index >= 15 is 0 Å². The highest BCUT2D eigenvalue weighted by atomic mass is 79.9. The maximum atomic E-state index is 12.8. The van der Waals surface area contributed by atoms with E-state index in [0.717, 1.165) is 16.3 Å². The fourth-order valence-electron chi connectivity index (χ4n) is 3.84. The van der Waals surface area contributed by atoms with Crippen LogP contribution in [0.4, 0.5) is 5.69 Å². The average molecular weight is 585 g/mol. The Kier molecular flexibility index (Phi) is 8.97. The lowest BCUT2D eigenvalue weighted by molar-refractivity contribution is -0.112. The standard InChI is InChI=1S/C31H25BrN2O5/c1-3-38-28-16-24(15-25(18-33)30(35)34-26-12-10-22(11-13-26)31(36)37-2)27(32)17-29(28)39-19-20-8-9-21-6-4-5-7-23(21)14-20/h4-17H,3,19H2,1-2H3,(H,34,35)/b25-15+. The lowest BCUT2D eigenvalue weighted by Crippen LogP contribution is -2.13. The number of hydrogen-bond donors (Lipinski definition) is 1. The number of carbonyl (C=O) groups is 2. The molecular formula is C31H25BrN2O5. The van der Waals surface area contributed by atoms with Crippen LogP contribution in [0.3, 0.4) is 0 Å². The molecule has 39 heavy (non-hydrogen) atoms. The smallest absolute Gasteiger partial charge is 0.337 e. The number of hydrogen-bond acceptors (Lipinski definition) is 6. The molecule has 8 heteroatoms. The van der Waals surface area contributed by atoms with Crippen LogP contribution < -0.4 is 14.8 Å². The molecule has 0 aliphatic carbocycles. The van der Waals surface area contributed by atoms with Crippen LogP contribution in [0.1, 0.15) is 28.4 Å². The molecule has 4 aromatic rings. The van der Waals surface area contributed by atoms with E-state index < -0.39 is 11.9 Å². The average Bonchev–Trinajstić information content (AvgIpc) is 2.96. The number of nitrogens with one attached hydrogen (secondary N) is 1. The lowest BCUT2D eigenvalue weighted by atomic mass is 10.1. The number of methoxy groups -OCH3 is 1. The normalized spacial score (nSPS) is 11.0. The number of rotatable bonds is 9. The van der Waals surface area contributed by atoms with Crippen molar-refractivity contribution in [3.8, 4) is 17.6 Å². The highest BCUT2D eigenvalue weighted by Crippen LogP contribution is 2.35. The monoisotopic (exact) mass is 584 g/mol. The molecule has 0 aromatic heterocycles. The molecule has 0 heterocycles. The number of ether oxygens (including phenoxy) is 3. The van der Waals surface area contributed by atoms with Crippen LogP contribution in [0.15, 0.2) is 88.9 Å². The third-order valence-corrected chi connectivity index (χ3v) is 6.49. The summed E-state index contributed by atoms with van der Waals surface area (Å²) in [6.45, 7) is 2.61. The van der Waals surface area contributed by atoms with Crippen molar-refractivity contribution in [3.05, 3.63) is 106 Å². The van der Waals surface area contributed by atoms with Gasteiger partial charge in [-0.2, -0.15) is 5.26 Å². The first kappa shape index (κ1) is 27.4. The van der Waals surface area contributed by atoms with Crippen molar-refractivity contribution in [1.29, 1.82) is 5.26 Å². The van der Waals surface area contributed by atoms with Crippen molar-refractivity contribution in [2.75, 3.05) is 19.0 Å². The van der Waals surface area contributed by atoms with Gasteiger partial charge >= 0.3 is 5.97 Å². The van der Waals surface area contributed by atoms with Gasteiger partial charge in [0.15, 0.2) is 11.5 Å². The molecule has 0 saturated carbocycles. The van der Waals surface area contributed by atoms with Crippen LogP contribution >= 0.6 is 15.9 Å². The molecule has 4 aromatic carbocycles. The van der Waals surface area contributed by atoms with E-state index in [1.165, 1.54) is 25.3 Å². The van der Waals surface area contributed by atoms with Gasteiger partial charge in [-0.3, -0.25) is 4.79 Å². The summed E-state index contributed by atoms with van der Waals surface area (Å²) in [6, 6.07) is 25.9. The Morgan fingerprint density at radius 2 is 1.67 bits per heavy atom. The highest BCUT2D eigenvalue weighted by molar-refractivity contribution is 9.10. The van der Waals surface area contributed by atoms with Crippen LogP contribution in [0.25, 0.3) is 16.8 Å². The zero-order valence-electron chi connectivity index (χ0n) is 21.4. The van der Waals surface area contributed by atoms with E-state index in [1.54, 1.807) is 24.3 Å². The fourth-order valence-corrected chi connectivity index (χ4v) is 4.28. The Hall–Kier alpha value is -4.61. The number of nitrogens with zero attached hydrogens (tertiary/aromatic N) is 1. The second-order valence-electron chi connectivity index (χ2n) is 8.42. The van der Waals surface area contributed by atoms with Crippen LogP contribution in [0, 0.1) is 11.3 Å². The number of anilines is 1. The summed E-state index contributed by atoms with van der Waals surface area (Å²) in [5.74, 6) is -0.0542. The predicted molar refractivity (Wildman–Crippen MR) is 154 cm³/mol. The van der Waals surface area contributed by atoms with Crippen LogP contribution in [0.2, 0.25) is 0 Å². The molecule has 0 saturated heterocycles. The highest BCUT2D eigenvalue weighted by Gasteiger charge is 2.15. The predicted octanol–water partition coefficient (Wildman–Crippen LogP) is 6.91. The molecule has 1 N–H and O–H groups in total. The Bertz CT molecular complexity index is 1590.